The number of anilines is 3. The van der Waals surface area contributed by atoms with E-state index < -0.39 is 0 Å². The number of carbonyl (C=O) groups excluding carboxylic acids is 1. The summed E-state index contributed by atoms with van der Waals surface area (Å²) in [4.78, 5) is 14.3. The van der Waals surface area contributed by atoms with Gasteiger partial charge in [-0.2, -0.15) is 0 Å². The third kappa shape index (κ3) is 3.94. The van der Waals surface area contributed by atoms with Gasteiger partial charge in [-0.25, -0.2) is 4.79 Å². The highest BCUT2D eigenvalue weighted by atomic mass is 32.1. The van der Waals surface area contributed by atoms with Crippen LogP contribution in [0.15, 0.2) is 24.3 Å². The third-order valence-corrected chi connectivity index (χ3v) is 4.91. The molecular weight excluding hydrogens is 326 g/mol. The van der Waals surface area contributed by atoms with Crippen molar-refractivity contribution in [3.05, 3.63) is 24.3 Å². The summed E-state index contributed by atoms with van der Waals surface area (Å²) in [6.07, 6.45) is 3.59. The average Bonchev–Trinajstić information content (AvgIpc) is 3.04. The van der Waals surface area contributed by atoms with Crippen molar-refractivity contribution in [1.82, 2.24) is 10.2 Å². The number of piperidine rings is 1. The molecule has 1 aliphatic heterocycles. The highest BCUT2D eigenvalue weighted by Crippen LogP contribution is 2.29. The van der Waals surface area contributed by atoms with Gasteiger partial charge in [0.05, 0.1) is 7.11 Å². The van der Waals surface area contributed by atoms with E-state index in [9.17, 15) is 4.79 Å². The lowest BCUT2D eigenvalue weighted by Gasteiger charge is -2.32. The molecule has 1 fully saturated rings. The fraction of sp³-hybridized carbons (Fsp3) is 0.438. The van der Waals surface area contributed by atoms with Gasteiger partial charge in [-0.1, -0.05) is 11.3 Å². The topological polar surface area (TPSA) is 79.4 Å². The van der Waals surface area contributed by atoms with E-state index in [1.54, 1.807) is 31.4 Å². The van der Waals surface area contributed by atoms with Crippen LogP contribution >= 0.6 is 11.3 Å². The Balaban J connectivity index is 1.58. The second-order valence-electron chi connectivity index (χ2n) is 5.74. The molecule has 1 aliphatic rings. The third-order valence-electron chi connectivity index (χ3n) is 4.03. The normalized spacial score (nSPS) is 17.4. The molecule has 0 spiro atoms. The summed E-state index contributed by atoms with van der Waals surface area (Å²) in [5, 5.41) is 15.1. The van der Waals surface area contributed by atoms with E-state index >= 15 is 0 Å². The van der Waals surface area contributed by atoms with Gasteiger partial charge in [0.25, 0.3) is 0 Å². The molecule has 2 heterocycles. The zero-order valence-corrected chi connectivity index (χ0v) is 14.6. The first-order valence-corrected chi connectivity index (χ1v) is 8.79. The van der Waals surface area contributed by atoms with E-state index in [1.165, 1.54) is 30.6 Å². The number of ether oxygens (including phenoxy) is 1. The van der Waals surface area contributed by atoms with Crippen molar-refractivity contribution in [3.63, 3.8) is 0 Å². The molecule has 1 unspecified atom stereocenters. The lowest BCUT2D eigenvalue weighted by Crippen LogP contribution is -2.37. The van der Waals surface area contributed by atoms with Crippen LogP contribution in [0, 0.1) is 0 Å². The number of nitrogens with zero attached hydrogens (tertiary/aromatic N) is 3. The van der Waals surface area contributed by atoms with Gasteiger partial charge >= 0.3 is 6.03 Å². The molecule has 0 bridgehead atoms. The molecule has 2 amide bonds. The molecule has 1 saturated heterocycles. The molecule has 0 radical (unpaired) electrons. The van der Waals surface area contributed by atoms with Gasteiger partial charge in [-0.3, -0.25) is 5.32 Å². The number of aromatic nitrogens is 2. The van der Waals surface area contributed by atoms with Crippen LogP contribution in [0.2, 0.25) is 0 Å². The van der Waals surface area contributed by atoms with Crippen molar-refractivity contribution in [2.75, 3.05) is 29.2 Å². The Hall–Kier alpha value is -2.35. The molecule has 2 N–H and O–H groups in total. The zero-order chi connectivity index (χ0) is 16.9. The molecule has 128 valence electrons. The van der Waals surface area contributed by atoms with E-state index in [0.29, 0.717) is 16.9 Å². The van der Waals surface area contributed by atoms with Gasteiger partial charge in [-0.15, -0.1) is 10.2 Å². The minimum atomic E-state index is -0.338. The molecule has 0 aliphatic carbocycles. The van der Waals surface area contributed by atoms with Crippen LogP contribution < -0.4 is 20.3 Å². The zero-order valence-electron chi connectivity index (χ0n) is 13.8. The molecule has 1 aromatic carbocycles. The fourth-order valence-electron chi connectivity index (χ4n) is 2.70. The maximum atomic E-state index is 12.1. The van der Waals surface area contributed by atoms with E-state index in [4.69, 9.17) is 4.74 Å². The molecule has 0 saturated carbocycles. The van der Waals surface area contributed by atoms with E-state index in [2.05, 4.69) is 32.7 Å². The second kappa shape index (κ2) is 7.48. The molecule has 8 heteroatoms. The Morgan fingerprint density at radius 3 is 2.75 bits per heavy atom. The highest BCUT2D eigenvalue weighted by molar-refractivity contribution is 7.19. The number of rotatable bonds is 4. The minimum absolute atomic E-state index is 0.338. The Morgan fingerprint density at radius 1 is 1.25 bits per heavy atom. The van der Waals surface area contributed by atoms with Crippen molar-refractivity contribution in [3.8, 4) is 5.75 Å². The molecular formula is C16H21N5O2S. The molecule has 7 nitrogen and oxygen atoms in total. The smallest absolute Gasteiger partial charge is 0.325 e. The van der Waals surface area contributed by atoms with Gasteiger partial charge in [0, 0.05) is 18.3 Å². The summed E-state index contributed by atoms with van der Waals surface area (Å²) < 4.78 is 5.09. The summed E-state index contributed by atoms with van der Waals surface area (Å²) in [7, 11) is 1.60. The number of carbonyl (C=O) groups is 1. The van der Waals surface area contributed by atoms with Gasteiger partial charge < -0.3 is 15.0 Å². The molecule has 24 heavy (non-hydrogen) atoms. The van der Waals surface area contributed by atoms with Crippen LogP contribution in [0.3, 0.4) is 0 Å². The lowest BCUT2D eigenvalue weighted by molar-refractivity contribution is 0.262. The van der Waals surface area contributed by atoms with Gasteiger partial charge in [0.1, 0.15) is 5.75 Å². The van der Waals surface area contributed by atoms with Gasteiger partial charge in [0.2, 0.25) is 10.3 Å². The fourth-order valence-corrected chi connectivity index (χ4v) is 3.57. The van der Waals surface area contributed by atoms with Crippen molar-refractivity contribution < 1.29 is 9.53 Å². The monoisotopic (exact) mass is 347 g/mol. The quantitative estimate of drug-likeness (QED) is 0.884. The van der Waals surface area contributed by atoms with Crippen molar-refractivity contribution >= 4 is 33.3 Å². The summed E-state index contributed by atoms with van der Waals surface area (Å²) in [5.41, 5.74) is 0.683. The Bertz CT molecular complexity index is 688. The lowest BCUT2D eigenvalue weighted by atomic mass is 10.1. The average molecular weight is 347 g/mol. The van der Waals surface area contributed by atoms with Crippen LogP contribution in [0.5, 0.6) is 5.75 Å². The molecule has 1 atom stereocenters. The molecule has 1 aromatic heterocycles. The van der Waals surface area contributed by atoms with Crippen molar-refractivity contribution in [1.29, 1.82) is 0 Å². The minimum Gasteiger partial charge on any atom is -0.497 e. The summed E-state index contributed by atoms with van der Waals surface area (Å²) >= 11 is 1.40. The number of nitrogens with one attached hydrogen (secondary N) is 2. The number of methoxy groups -OCH3 is 1. The number of hydrogen-bond donors (Lipinski definition) is 2. The van der Waals surface area contributed by atoms with Crippen molar-refractivity contribution in [2.24, 2.45) is 0 Å². The maximum absolute atomic E-state index is 12.1. The van der Waals surface area contributed by atoms with Gasteiger partial charge in [0.15, 0.2) is 0 Å². The largest absolute Gasteiger partial charge is 0.497 e. The maximum Gasteiger partial charge on any atom is 0.325 e. The van der Waals surface area contributed by atoms with E-state index in [0.717, 1.165) is 17.4 Å². The van der Waals surface area contributed by atoms with E-state index in [-0.39, 0.29) is 6.03 Å². The number of urea groups is 1. The number of amides is 2. The Kier molecular flexibility index (Phi) is 5.14. The summed E-state index contributed by atoms with van der Waals surface area (Å²) in [6, 6.07) is 7.26. The van der Waals surface area contributed by atoms with Crippen LogP contribution in [-0.2, 0) is 0 Å². The molecule has 3 rings (SSSR count). The van der Waals surface area contributed by atoms with E-state index in [1.807, 2.05) is 0 Å². The predicted molar refractivity (Wildman–Crippen MR) is 96.2 cm³/mol. The number of benzene rings is 1. The molecule has 2 aromatic rings. The van der Waals surface area contributed by atoms with Crippen LogP contribution in [0.25, 0.3) is 0 Å². The highest BCUT2D eigenvalue weighted by Gasteiger charge is 2.22. The van der Waals surface area contributed by atoms with Crippen molar-refractivity contribution in [2.45, 2.75) is 32.2 Å². The Morgan fingerprint density at radius 2 is 2.04 bits per heavy atom. The standard InChI is InChI=1S/C16H21N5O2S/c1-11-5-3-4-10-21(11)16-20-19-15(24-16)18-14(22)17-12-6-8-13(23-2)9-7-12/h6-9,11H,3-5,10H2,1-2H3,(H2,17,18,19,22). The first kappa shape index (κ1) is 16.5. The van der Waals surface area contributed by atoms with Crippen LogP contribution in [0.1, 0.15) is 26.2 Å². The second-order valence-corrected chi connectivity index (χ2v) is 6.69. The number of hydrogen-bond acceptors (Lipinski definition) is 6. The van der Waals surface area contributed by atoms with Crippen LogP contribution in [0.4, 0.5) is 20.7 Å². The summed E-state index contributed by atoms with van der Waals surface area (Å²) in [6.45, 7) is 3.19. The van der Waals surface area contributed by atoms with Crippen LogP contribution in [-0.4, -0.2) is 35.9 Å². The predicted octanol–water partition coefficient (Wildman–Crippen LogP) is 3.57. The first-order valence-electron chi connectivity index (χ1n) is 7.98. The van der Waals surface area contributed by atoms with Gasteiger partial charge in [-0.05, 0) is 50.5 Å². The first-order chi connectivity index (χ1) is 11.7. The summed E-state index contributed by atoms with van der Waals surface area (Å²) in [5.74, 6) is 0.741. The SMILES string of the molecule is COc1ccc(NC(=O)Nc2nnc(N3CCCCC3C)s2)cc1. The Labute approximate surface area is 145 Å².